The number of allylic oxidation sites excluding steroid dienone is 1. The molecule has 1 heterocycles. The number of rotatable bonds is 9. The highest BCUT2D eigenvalue weighted by Gasteiger charge is 2.17. The van der Waals surface area contributed by atoms with Crippen LogP contribution in [0.1, 0.15) is 17.0 Å². The van der Waals surface area contributed by atoms with Gasteiger partial charge in [0.1, 0.15) is 11.6 Å². The van der Waals surface area contributed by atoms with Crippen LogP contribution in [0.3, 0.4) is 0 Å². The number of aryl methyl sites for hydroxylation is 2. The Balaban J connectivity index is 1.64. The summed E-state index contributed by atoms with van der Waals surface area (Å²) in [5.41, 5.74) is 2.91. The molecular weight excluding hydrogens is 429 g/mol. The molecule has 2 amide bonds. The van der Waals surface area contributed by atoms with E-state index in [0.717, 1.165) is 16.8 Å². The van der Waals surface area contributed by atoms with E-state index in [-0.39, 0.29) is 23.8 Å². The average molecular weight is 454 g/mol. The van der Waals surface area contributed by atoms with Crippen molar-refractivity contribution in [2.75, 3.05) is 16.4 Å². The lowest BCUT2D eigenvalue weighted by molar-refractivity contribution is -0.116. The fourth-order valence-corrected chi connectivity index (χ4v) is 3.72. The normalized spacial score (nSPS) is 10.6. The third-order valence-corrected chi connectivity index (χ3v) is 5.54. The second kappa shape index (κ2) is 10.7. The number of halogens is 1. The number of nitrogens with zero attached hydrogens (tertiary/aromatic N) is 3. The van der Waals surface area contributed by atoms with Crippen molar-refractivity contribution in [3.8, 4) is 0 Å². The van der Waals surface area contributed by atoms with E-state index in [4.69, 9.17) is 0 Å². The molecule has 0 unspecified atom stereocenters. The maximum Gasteiger partial charge on any atom is 0.234 e. The molecular formula is C23H24FN5O2S. The first kappa shape index (κ1) is 23.2. The zero-order valence-electron chi connectivity index (χ0n) is 17.9. The Morgan fingerprint density at radius 1 is 1.09 bits per heavy atom. The van der Waals surface area contributed by atoms with Gasteiger partial charge in [-0.2, -0.15) is 0 Å². The van der Waals surface area contributed by atoms with E-state index in [9.17, 15) is 14.0 Å². The Morgan fingerprint density at radius 3 is 2.59 bits per heavy atom. The van der Waals surface area contributed by atoms with Crippen molar-refractivity contribution < 1.29 is 14.0 Å². The van der Waals surface area contributed by atoms with E-state index < -0.39 is 11.7 Å². The van der Waals surface area contributed by atoms with Gasteiger partial charge in [0, 0.05) is 12.2 Å². The predicted octanol–water partition coefficient (Wildman–Crippen LogP) is 4.13. The number of carbonyl (C=O) groups is 2. The van der Waals surface area contributed by atoms with Crippen LogP contribution in [0.2, 0.25) is 0 Å². The second-order valence-corrected chi connectivity index (χ2v) is 8.10. The number of benzene rings is 2. The lowest BCUT2D eigenvalue weighted by Gasteiger charge is -2.10. The molecule has 0 spiro atoms. The zero-order chi connectivity index (χ0) is 23.1. The number of aromatic nitrogens is 3. The minimum atomic E-state index is -0.514. The van der Waals surface area contributed by atoms with E-state index >= 15 is 0 Å². The van der Waals surface area contributed by atoms with Gasteiger partial charge in [-0.05, 0) is 43.2 Å². The van der Waals surface area contributed by atoms with Gasteiger partial charge in [-0.15, -0.1) is 16.8 Å². The average Bonchev–Trinajstić information content (AvgIpc) is 3.12. The molecule has 0 aliphatic carbocycles. The molecule has 0 radical (unpaired) electrons. The molecule has 0 aliphatic rings. The van der Waals surface area contributed by atoms with Gasteiger partial charge in [-0.1, -0.05) is 42.1 Å². The lowest BCUT2D eigenvalue weighted by Crippen LogP contribution is -2.19. The summed E-state index contributed by atoms with van der Waals surface area (Å²) in [6.45, 7) is 8.00. The number of thioether (sulfide) groups is 1. The van der Waals surface area contributed by atoms with Gasteiger partial charge in [-0.25, -0.2) is 4.39 Å². The molecule has 0 atom stereocenters. The molecule has 32 heavy (non-hydrogen) atoms. The zero-order valence-corrected chi connectivity index (χ0v) is 18.7. The van der Waals surface area contributed by atoms with E-state index in [2.05, 4.69) is 27.4 Å². The van der Waals surface area contributed by atoms with Crippen LogP contribution >= 0.6 is 11.8 Å². The van der Waals surface area contributed by atoms with Crippen molar-refractivity contribution >= 4 is 35.0 Å². The van der Waals surface area contributed by atoms with Gasteiger partial charge in [0.15, 0.2) is 5.16 Å². The van der Waals surface area contributed by atoms with E-state index in [1.54, 1.807) is 22.8 Å². The Labute approximate surface area is 190 Å². The maximum atomic E-state index is 13.8. The van der Waals surface area contributed by atoms with Crippen LogP contribution in [0.4, 0.5) is 15.8 Å². The van der Waals surface area contributed by atoms with Crippen molar-refractivity contribution in [2.24, 2.45) is 0 Å². The number of amides is 2. The van der Waals surface area contributed by atoms with Crippen molar-refractivity contribution in [1.29, 1.82) is 0 Å². The Bertz CT molecular complexity index is 1150. The van der Waals surface area contributed by atoms with Crippen LogP contribution in [0.5, 0.6) is 0 Å². The van der Waals surface area contributed by atoms with E-state index in [1.165, 1.54) is 23.9 Å². The molecule has 3 rings (SSSR count). The first-order valence-electron chi connectivity index (χ1n) is 9.94. The molecule has 0 aliphatic heterocycles. The van der Waals surface area contributed by atoms with Crippen molar-refractivity contribution in [3.05, 3.63) is 77.9 Å². The molecule has 2 N–H and O–H groups in total. The molecule has 3 aromatic rings. The molecule has 9 heteroatoms. The summed E-state index contributed by atoms with van der Waals surface area (Å²) >= 11 is 1.22. The van der Waals surface area contributed by atoms with E-state index in [0.29, 0.717) is 17.5 Å². The highest BCUT2D eigenvalue weighted by atomic mass is 32.2. The molecule has 0 saturated carbocycles. The maximum absolute atomic E-state index is 13.8. The highest BCUT2D eigenvalue weighted by molar-refractivity contribution is 7.99. The summed E-state index contributed by atoms with van der Waals surface area (Å²) in [7, 11) is 0. The topological polar surface area (TPSA) is 88.9 Å². The monoisotopic (exact) mass is 453 g/mol. The summed E-state index contributed by atoms with van der Waals surface area (Å²) in [4.78, 5) is 24.8. The van der Waals surface area contributed by atoms with Crippen LogP contribution in [-0.4, -0.2) is 32.3 Å². The first-order valence-corrected chi connectivity index (χ1v) is 10.9. The number of carbonyl (C=O) groups excluding carboxylic acids is 2. The number of hydrogen-bond acceptors (Lipinski definition) is 5. The summed E-state index contributed by atoms with van der Waals surface area (Å²) in [5, 5.41) is 14.1. The van der Waals surface area contributed by atoms with Gasteiger partial charge in [0.2, 0.25) is 11.8 Å². The van der Waals surface area contributed by atoms with Crippen molar-refractivity contribution in [3.63, 3.8) is 0 Å². The predicted molar refractivity (Wildman–Crippen MR) is 124 cm³/mol. The Kier molecular flexibility index (Phi) is 7.77. The fourth-order valence-electron chi connectivity index (χ4n) is 2.96. The highest BCUT2D eigenvalue weighted by Crippen LogP contribution is 2.21. The molecule has 0 saturated heterocycles. The minimum Gasteiger partial charge on any atom is -0.325 e. The van der Waals surface area contributed by atoms with Crippen molar-refractivity contribution in [2.45, 2.75) is 32.0 Å². The minimum absolute atomic E-state index is 0.0928. The Hall–Kier alpha value is -3.46. The molecule has 166 valence electrons. The Morgan fingerprint density at radius 2 is 1.84 bits per heavy atom. The summed E-state index contributed by atoms with van der Waals surface area (Å²) in [5.74, 6) is -0.576. The second-order valence-electron chi connectivity index (χ2n) is 7.16. The van der Waals surface area contributed by atoms with Gasteiger partial charge in [0.25, 0.3) is 0 Å². The van der Waals surface area contributed by atoms with Crippen LogP contribution in [-0.2, 0) is 22.6 Å². The lowest BCUT2D eigenvalue weighted by atomic mass is 10.1. The molecule has 7 nitrogen and oxygen atoms in total. The third kappa shape index (κ3) is 6.04. The van der Waals surface area contributed by atoms with Crippen LogP contribution in [0, 0.1) is 19.7 Å². The van der Waals surface area contributed by atoms with Crippen LogP contribution in [0.25, 0.3) is 0 Å². The van der Waals surface area contributed by atoms with E-state index in [1.807, 2.05) is 32.0 Å². The number of anilines is 2. The standard InChI is InChI=1S/C23H24FN5O2S/c1-4-11-29-20(13-21(30)25-18-8-6-5-7-17(18)24)27-28-23(29)32-14-22(31)26-19-12-15(2)9-10-16(19)3/h4-10,12H,1,11,13-14H2,2-3H3,(H,25,30)(H,26,31). The fraction of sp³-hybridized carbons (Fsp3) is 0.217. The van der Waals surface area contributed by atoms with Gasteiger partial charge >= 0.3 is 0 Å². The summed E-state index contributed by atoms with van der Waals surface area (Å²) in [6.07, 6.45) is 1.56. The molecule has 2 aromatic carbocycles. The number of nitrogens with one attached hydrogen (secondary N) is 2. The number of hydrogen-bond donors (Lipinski definition) is 2. The summed E-state index contributed by atoms with van der Waals surface area (Å²) in [6, 6.07) is 11.8. The molecule has 0 bridgehead atoms. The molecule has 0 fully saturated rings. The number of para-hydroxylation sites is 1. The smallest absolute Gasteiger partial charge is 0.234 e. The van der Waals surface area contributed by atoms with Gasteiger partial charge < -0.3 is 15.2 Å². The van der Waals surface area contributed by atoms with Crippen molar-refractivity contribution in [1.82, 2.24) is 14.8 Å². The van der Waals surface area contributed by atoms with Crippen LogP contribution in [0.15, 0.2) is 60.3 Å². The third-order valence-electron chi connectivity index (χ3n) is 4.57. The quantitative estimate of drug-likeness (QED) is 0.376. The van der Waals surface area contributed by atoms with Gasteiger partial charge in [-0.3, -0.25) is 9.59 Å². The molecule has 1 aromatic heterocycles. The first-order chi connectivity index (χ1) is 15.4. The summed E-state index contributed by atoms with van der Waals surface area (Å²) < 4.78 is 15.5. The largest absolute Gasteiger partial charge is 0.325 e. The van der Waals surface area contributed by atoms with Crippen LogP contribution < -0.4 is 10.6 Å². The van der Waals surface area contributed by atoms with Gasteiger partial charge in [0.05, 0.1) is 17.9 Å². The SMILES string of the molecule is C=CCn1c(CC(=O)Nc2ccccc2F)nnc1SCC(=O)Nc1cc(C)ccc1C.